The molecule has 0 aliphatic carbocycles. The Morgan fingerprint density at radius 1 is 1.14 bits per heavy atom. The third-order valence-corrected chi connectivity index (χ3v) is 3.75. The van der Waals surface area contributed by atoms with Gasteiger partial charge in [-0.1, -0.05) is 25.1 Å². The zero-order chi connectivity index (χ0) is 15.4. The van der Waals surface area contributed by atoms with Crippen LogP contribution in [0.25, 0.3) is 10.9 Å². The van der Waals surface area contributed by atoms with Crippen molar-refractivity contribution in [2.75, 3.05) is 7.05 Å². The lowest BCUT2D eigenvalue weighted by atomic mass is 10.1. The summed E-state index contributed by atoms with van der Waals surface area (Å²) in [6, 6.07) is 10.4. The average molecular weight is 295 g/mol. The standard InChI is InChI=1S/C17H21N5/c1-3-10-22-13-19-20-17(22)12-21(2)11-14-8-9-18-16-7-5-4-6-15(14)16/h4-9,13H,3,10-12H2,1-2H3. The first-order chi connectivity index (χ1) is 10.8. The predicted molar refractivity (Wildman–Crippen MR) is 87.2 cm³/mol. The molecule has 0 bridgehead atoms. The third kappa shape index (κ3) is 3.14. The van der Waals surface area contributed by atoms with Gasteiger partial charge in [-0.25, -0.2) is 0 Å². The van der Waals surface area contributed by atoms with Crippen molar-refractivity contribution in [1.82, 2.24) is 24.6 Å². The molecule has 114 valence electrons. The highest BCUT2D eigenvalue weighted by Crippen LogP contribution is 2.18. The second-order valence-electron chi connectivity index (χ2n) is 5.60. The number of benzene rings is 1. The zero-order valence-corrected chi connectivity index (χ0v) is 13.1. The summed E-state index contributed by atoms with van der Waals surface area (Å²) >= 11 is 0. The fourth-order valence-electron chi connectivity index (χ4n) is 2.71. The van der Waals surface area contributed by atoms with Gasteiger partial charge in [0.2, 0.25) is 0 Å². The van der Waals surface area contributed by atoms with Crippen LogP contribution in [0.1, 0.15) is 24.7 Å². The van der Waals surface area contributed by atoms with Crippen LogP contribution < -0.4 is 0 Å². The molecule has 3 rings (SSSR count). The van der Waals surface area contributed by atoms with Gasteiger partial charge in [-0.15, -0.1) is 10.2 Å². The number of aryl methyl sites for hydroxylation is 1. The van der Waals surface area contributed by atoms with Crippen molar-refractivity contribution in [3.63, 3.8) is 0 Å². The van der Waals surface area contributed by atoms with Gasteiger partial charge in [0.25, 0.3) is 0 Å². The Bertz CT molecular complexity index is 744. The van der Waals surface area contributed by atoms with Gasteiger partial charge in [0, 0.05) is 24.7 Å². The van der Waals surface area contributed by atoms with Gasteiger partial charge in [0.1, 0.15) is 12.2 Å². The largest absolute Gasteiger partial charge is 0.317 e. The molecule has 0 unspecified atom stereocenters. The van der Waals surface area contributed by atoms with Crippen LogP contribution in [0.2, 0.25) is 0 Å². The molecule has 0 spiro atoms. The maximum absolute atomic E-state index is 4.42. The lowest BCUT2D eigenvalue weighted by molar-refractivity contribution is 0.305. The van der Waals surface area contributed by atoms with Crippen LogP contribution in [-0.2, 0) is 19.6 Å². The molecule has 2 heterocycles. The van der Waals surface area contributed by atoms with Crippen molar-refractivity contribution in [1.29, 1.82) is 0 Å². The van der Waals surface area contributed by atoms with E-state index in [0.717, 1.165) is 37.4 Å². The number of nitrogens with zero attached hydrogens (tertiary/aromatic N) is 5. The summed E-state index contributed by atoms with van der Waals surface area (Å²) in [5.41, 5.74) is 2.33. The maximum atomic E-state index is 4.42. The van der Waals surface area contributed by atoms with Crippen LogP contribution in [0.15, 0.2) is 42.9 Å². The van der Waals surface area contributed by atoms with Crippen molar-refractivity contribution in [3.8, 4) is 0 Å². The molecule has 5 nitrogen and oxygen atoms in total. The average Bonchev–Trinajstić information content (AvgIpc) is 2.95. The number of hydrogen-bond acceptors (Lipinski definition) is 4. The van der Waals surface area contributed by atoms with Gasteiger partial charge in [-0.3, -0.25) is 9.88 Å². The van der Waals surface area contributed by atoms with E-state index in [4.69, 9.17) is 0 Å². The molecule has 0 amide bonds. The summed E-state index contributed by atoms with van der Waals surface area (Å²) in [6.07, 6.45) is 4.78. The highest BCUT2D eigenvalue weighted by atomic mass is 15.3. The Kier molecular flexibility index (Phi) is 4.44. The molecule has 0 saturated heterocycles. The monoisotopic (exact) mass is 295 g/mol. The summed E-state index contributed by atoms with van der Waals surface area (Å²) in [5, 5.41) is 9.48. The maximum Gasteiger partial charge on any atom is 0.147 e. The summed E-state index contributed by atoms with van der Waals surface area (Å²) < 4.78 is 2.13. The van der Waals surface area contributed by atoms with Crippen molar-refractivity contribution < 1.29 is 0 Å². The first kappa shape index (κ1) is 14.7. The number of hydrogen-bond donors (Lipinski definition) is 0. The Morgan fingerprint density at radius 3 is 2.86 bits per heavy atom. The molecule has 2 aromatic heterocycles. The molecule has 0 saturated carbocycles. The number of pyridine rings is 1. The molecule has 0 radical (unpaired) electrons. The van der Waals surface area contributed by atoms with Gasteiger partial charge in [-0.2, -0.15) is 0 Å². The molecule has 5 heteroatoms. The smallest absolute Gasteiger partial charge is 0.147 e. The third-order valence-electron chi connectivity index (χ3n) is 3.75. The van der Waals surface area contributed by atoms with Crippen molar-refractivity contribution in [2.24, 2.45) is 0 Å². The van der Waals surface area contributed by atoms with Crippen molar-refractivity contribution >= 4 is 10.9 Å². The molecule has 0 N–H and O–H groups in total. The van der Waals surface area contributed by atoms with E-state index in [1.54, 1.807) is 0 Å². The van der Waals surface area contributed by atoms with Gasteiger partial charge < -0.3 is 4.57 Å². The van der Waals surface area contributed by atoms with E-state index in [2.05, 4.69) is 62.9 Å². The van der Waals surface area contributed by atoms with Crippen LogP contribution in [-0.4, -0.2) is 31.7 Å². The quantitative estimate of drug-likeness (QED) is 0.701. The lowest BCUT2D eigenvalue weighted by Gasteiger charge is -2.17. The second-order valence-corrected chi connectivity index (χ2v) is 5.60. The topological polar surface area (TPSA) is 46.8 Å². The minimum absolute atomic E-state index is 0.788. The number of fused-ring (bicyclic) bond motifs is 1. The Labute approximate surface area is 130 Å². The van der Waals surface area contributed by atoms with E-state index < -0.39 is 0 Å². The molecule has 0 aliphatic heterocycles. The molecular formula is C17H21N5. The molecule has 3 aromatic rings. The van der Waals surface area contributed by atoms with Crippen LogP contribution in [0.3, 0.4) is 0 Å². The molecule has 0 fully saturated rings. The van der Waals surface area contributed by atoms with Crippen LogP contribution in [0.5, 0.6) is 0 Å². The Balaban J connectivity index is 1.76. The van der Waals surface area contributed by atoms with Gasteiger partial charge in [0.05, 0.1) is 12.1 Å². The van der Waals surface area contributed by atoms with Crippen molar-refractivity contribution in [3.05, 3.63) is 54.2 Å². The van der Waals surface area contributed by atoms with E-state index in [1.807, 2.05) is 18.6 Å². The number of rotatable bonds is 6. The SMILES string of the molecule is CCCn1cnnc1CN(C)Cc1ccnc2ccccc12. The van der Waals surface area contributed by atoms with E-state index in [1.165, 1.54) is 10.9 Å². The summed E-state index contributed by atoms with van der Waals surface area (Å²) in [7, 11) is 2.11. The molecule has 0 aliphatic rings. The van der Waals surface area contributed by atoms with Gasteiger partial charge in [0.15, 0.2) is 0 Å². The van der Waals surface area contributed by atoms with Gasteiger partial charge >= 0.3 is 0 Å². The summed E-state index contributed by atoms with van der Waals surface area (Å²) in [4.78, 5) is 6.68. The minimum Gasteiger partial charge on any atom is -0.317 e. The van der Waals surface area contributed by atoms with Crippen molar-refractivity contribution in [2.45, 2.75) is 33.0 Å². The highest BCUT2D eigenvalue weighted by Gasteiger charge is 2.09. The first-order valence-electron chi connectivity index (χ1n) is 7.65. The first-order valence-corrected chi connectivity index (χ1v) is 7.65. The summed E-state index contributed by atoms with van der Waals surface area (Å²) in [6.45, 7) is 4.78. The van der Waals surface area contributed by atoms with Crippen LogP contribution >= 0.6 is 0 Å². The Hall–Kier alpha value is -2.27. The number of aromatic nitrogens is 4. The van der Waals surface area contributed by atoms with Crippen LogP contribution in [0.4, 0.5) is 0 Å². The fraction of sp³-hybridized carbons (Fsp3) is 0.353. The second kappa shape index (κ2) is 6.66. The van der Waals surface area contributed by atoms with E-state index in [-0.39, 0.29) is 0 Å². The normalized spacial score (nSPS) is 11.4. The predicted octanol–water partition coefficient (Wildman–Crippen LogP) is 2.87. The lowest BCUT2D eigenvalue weighted by Crippen LogP contribution is -2.20. The van der Waals surface area contributed by atoms with E-state index in [0.29, 0.717) is 0 Å². The molecule has 0 atom stereocenters. The number of para-hydroxylation sites is 1. The highest BCUT2D eigenvalue weighted by molar-refractivity contribution is 5.81. The molecule has 22 heavy (non-hydrogen) atoms. The molecule has 1 aromatic carbocycles. The van der Waals surface area contributed by atoms with Crippen LogP contribution in [0, 0.1) is 0 Å². The van der Waals surface area contributed by atoms with E-state index in [9.17, 15) is 0 Å². The zero-order valence-electron chi connectivity index (χ0n) is 13.1. The minimum atomic E-state index is 0.788. The summed E-state index contributed by atoms with van der Waals surface area (Å²) in [5.74, 6) is 1.02. The molecular weight excluding hydrogens is 274 g/mol. The fourth-order valence-corrected chi connectivity index (χ4v) is 2.71. The Morgan fingerprint density at radius 2 is 2.00 bits per heavy atom. The van der Waals surface area contributed by atoms with E-state index >= 15 is 0 Å². The van der Waals surface area contributed by atoms with Gasteiger partial charge in [-0.05, 0) is 31.2 Å².